The molecule has 3 heteroatoms. The van der Waals surface area contributed by atoms with E-state index in [-0.39, 0.29) is 25.4 Å². The van der Waals surface area contributed by atoms with Crippen LogP contribution < -0.4 is 0 Å². The van der Waals surface area contributed by atoms with Crippen LogP contribution in [0.25, 0.3) is 0 Å². The molecule has 0 rings (SSSR count). The third-order valence-electron chi connectivity index (χ3n) is 3.95. The Labute approximate surface area is 157 Å². The Bertz CT molecular complexity index is 264. The summed E-state index contributed by atoms with van der Waals surface area (Å²) < 4.78 is 4.91. The molecule has 0 saturated carbocycles. The molecule has 0 aliphatic rings. The number of carbonyl (C=O) groups excluding carboxylic acids is 1. The van der Waals surface area contributed by atoms with Gasteiger partial charge in [-0.2, -0.15) is 0 Å². The molecule has 0 unspecified atom stereocenters. The van der Waals surface area contributed by atoms with Crippen molar-refractivity contribution in [1.82, 2.24) is 0 Å². The van der Waals surface area contributed by atoms with Crippen molar-refractivity contribution in [3.05, 3.63) is 12.2 Å². The van der Waals surface area contributed by atoms with E-state index in [9.17, 15) is 4.79 Å². The van der Waals surface area contributed by atoms with Gasteiger partial charge in [-0.1, -0.05) is 70.4 Å². The number of rotatable bonds is 16. The van der Waals surface area contributed by atoms with Gasteiger partial charge in [-0.05, 0) is 39.0 Å². The van der Waals surface area contributed by atoms with E-state index in [4.69, 9.17) is 4.74 Å². The summed E-state index contributed by atoms with van der Waals surface area (Å²) >= 11 is 0. The zero-order valence-corrected chi connectivity index (χ0v) is 18.8. The van der Waals surface area contributed by atoms with E-state index in [2.05, 4.69) is 19.1 Å². The fourth-order valence-electron chi connectivity index (χ4n) is 2.57. The number of ether oxygens (including phenoxy) is 1. The van der Waals surface area contributed by atoms with Crippen molar-refractivity contribution in [1.29, 1.82) is 0 Å². The third-order valence-corrected chi connectivity index (χ3v) is 3.95. The van der Waals surface area contributed by atoms with E-state index in [1.54, 1.807) is 0 Å². The summed E-state index contributed by atoms with van der Waals surface area (Å²) in [4.78, 5) is 11.1. The molecular weight excluding hydrogens is 338 g/mol. The summed E-state index contributed by atoms with van der Waals surface area (Å²) in [6, 6.07) is 0. The van der Waals surface area contributed by atoms with Crippen LogP contribution >= 0.6 is 0 Å². The standard InChI is InChI=1S/C20H38O2.Zn/c1-3-5-6-7-8-9-10-11-12-13-14-15-16-17-18-19-20(21)22-4-2;/h11-12H,3-10,13-19H2,1-2H3;/b12-11-;. The minimum atomic E-state index is -0.0415. The SMILES string of the molecule is CCCCCCCC/C=C\CCCCCCCC(=O)OCC.[Zn]. The first-order valence-corrected chi connectivity index (χ1v) is 9.61. The van der Waals surface area contributed by atoms with E-state index < -0.39 is 0 Å². The van der Waals surface area contributed by atoms with Crippen LogP contribution in [0.5, 0.6) is 0 Å². The quantitative estimate of drug-likeness (QED) is 0.132. The molecule has 0 radical (unpaired) electrons. The molecule has 23 heavy (non-hydrogen) atoms. The van der Waals surface area contributed by atoms with Crippen molar-refractivity contribution >= 4 is 5.97 Å². The Kier molecular flexibility index (Phi) is 23.8. The summed E-state index contributed by atoms with van der Waals surface area (Å²) in [6.45, 7) is 4.63. The number of hydrogen-bond acceptors (Lipinski definition) is 2. The van der Waals surface area contributed by atoms with E-state index in [1.165, 1.54) is 70.6 Å². The molecule has 0 saturated heterocycles. The maximum absolute atomic E-state index is 11.1. The van der Waals surface area contributed by atoms with Crippen LogP contribution in [0.4, 0.5) is 0 Å². The maximum atomic E-state index is 11.1. The molecule has 2 nitrogen and oxygen atoms in total. The van der Waals surface area contributed by atoms with Crippen LogP contribution in [0, 0.1) is 0 Å². The molecule has 0 N–H and O–H groups in total. The number of hydrogen-bond donors (Lipinski definition) is 0. The average Bonchev–Trinajstić information content (AvgIpc) is 2.51. The Balaban J connectivity index is 0. The van der Waals surface area contributed by atoms with Crippen molar-refractivity contribution in [2.75, 3.05) is 6.61 Å². The van der Waals surface area contributed by atoms with Gasteiger partial charge in [0.15, 0.2) is 0 Å². The van der Waals surface area contributed by atoms with Gasteiger partial charge in [0.05, 0.1) is 6.61 Å². The fourth-order valence-corrected chi connectivity index (χ4v) is 2.57. The Morgan fingerprint density at radius 3 is 1.74 bits per heavy atom. The molecule has 132 valence electrons. The molecule has 0 aliphatic heterocycles. The summed E-state index contributed by atoms with van der Waals surface area (Å²) in [6.07, 6.45) is 22.0. The molecule has 0 fully saturated rings. The molecule has 0 amide bonds. The molecule has 0 spiro atoms. The maximum Gasteiger partial charge on any atom is 0.305 e. The molecule has 0 bridgehead atoms. The predicted molar refractivity (Wildman–Crippen MR) is 96.1 cm³/mol. The van der Waals surface area contributed by atoms with Gasteiger partial charge in [-0.15, -0.1) is 0 Å². The second-order valence-electron chi connectivity index (χ2n) is 6.14. The van der Waals surface area contributed by atoms with Crippen LogP contribution in [0.2, 0.25) is 0 Å². The van der Waals surface area contributed by atoms with Gasteiger partial charge in [0, 0.05) is 25.9 Å². The normalized spacial score (nSPS) is 10.7. The smallest absolute Gasteiger partial charge is 0.305 e. The second-order valence-corrected chi connectivity index (χ2v) is 6.14. The summed E-state index contributed by atoms with van der Waals surface area (Å²) in [5, 5.41) is 0. The van der Waals surface area contributed by atoms with Gasteiger partial charge in [0.2, 0.25) is 0 Å². The average molecular weight is 376 g/mol. The predicted octanol–water partition coefficient (Wildman–Crippen LogP) is 6.58. The van der Waals surface area contributed by atoms with E-state index in [1.807, 2.05) is 6.92 Å². The minimum Gasteiger partial charge on any atom is -0.466 e. The van der Waals surface area contributed by atoms with Crippen molar-refractivity contribution < 1.29 is 29.0 Å². The van der Waals surface area contributed by atoms with Gasteiger partial charge in [-0.25, -0.2) is 0 Å². The summed E-state index contributed by atoms with van der Waals surface area (Å²) in [7, 11) is 0. The van der Waals surface area contributed by atoms with Crippen LogP contribution in [0.1, 0.15) is 104 Å². The molecule has 0 aliphatic carbocycles. The number of allylic oxidation sites excluding steroid dienone is 2. The molecule has 0 atom stereocenters. The Morgan fingerprint density at radius 1 is 0.739 bits per heavy atom. The van der Waals surface area contributed by atoms with Gasteiger partial charge < -0.3 is 4.74 Å². The first-order valence-electron chi connectivity index (χ1n) is 9.61. The van der Waals surface area contributed by atoms with Crippen LogP contribution in [-0.4, -0.2) is 12.6 Å². The number of carbonyl (C=O) groups is 1. The van der Waals surface area contributed by atoms with Gasteiger partial charge >= 0.3 is 5.97 Å². The van der Waals surface area contributed by atoms with Crippen molar-refractivity contribution in [2.45, 2.75) is 104 Å². The van der Waals surface area contributed by atoms with Crippen molar-refractivity contribution in [3.8, 4) is 0 Å². The van der Waals surface area contributed by atoms with Crippen LogP contribution in [-0.2, 0) is 29.0 Å². The molecular formula is C20H38O2Zn. The van der Waals surface area contributed by atoms with Crippen molar-refractivity contribution in [2.24, 2.45) is 0 Å². The second kappa shape index (κ2) is 21.8. The van der Waals surface area contributed by atoms with Crippen LogP contribution in [0.15, 0.2) is 12.2 Å². The third kappa shape index (κ3) is 21.8. The Morgan fingerprint density at radius 2 is 1.22 bits per heavy atom. The summed E-state index contributed by atoms with van der Waals surface area (Å²) in [5.74, 6) is -0.0415. The fraction of sp³-hybridized carbons (Fsp3) is 0.850. The number of esters is 1. The minimum absolute atomic E-state index is 0. The number of unbranched alkanes of at least 4 members (excludes halogenated alkanes) is 11. The molecule has 0 aromatic carbocycles. The first-order chi connectivity index (χ1) is 10.8. The summed E-state index contributed by atoms with van der Waals surface area (Å²) in [5.41, 5.74) is 0. The molecule has 0 aromatic rings. The zero-order chi connectivity index (χ0) is 16.3. The monoisotopic (exact) mass is 374 g/mol. The zero-order valence-electron chi connectivity index (χ0n) is 15.8. The topological polar surface area (TPSA) is 26.3 Å². The van der Waals surface area contributed by atoms with E-state index >= 15 is 0 Å². The van der Waals surface area contributed by atoms with Gasteiger partial charge in [0.25, 0.3) is 0 Å². The molecule has 0 heterocycles. The van der Waals surface area contributed by atoms with Crippen LogP contribution in [0.3, 0.4) is 0 Å². The first kappa shape index (κ1) is 25.1. The molecule has 0 aromatic heterocycles. The van der Waals surface area contributed by atoms with E-state index in [0.29, 0.717) is 13.0 Å². The van der Waals surface area contributed by atoms with Gasteiger partial charge in [0.1, 0.15) is 0 Å². The largest absolute Gasteiger partial charge is 0.466 e. The Hall–Kier alpha value is -0.167. The van der Waals surface area contributed by atoms with Gasteiger partial charge in [-0.3, -0.25) is 4.79 Å². The van der Waals surface area contributed by atoms with E-state index in [0.717, 1.165) is 12.8 Å². The van der Waals surface area contributed by atoms with Crippen molar-refractivity contribution in [3.63, 3.8) is 0 Å².